The fraction of sp³-hybridized carbons (Fsp3) is 0.600. The number of rotatable bonds is 5. The summed E-state index contributed by atoms with van der Waals surface area (Å²) >= 11 is 0. The third-order valence-electron chi connectivity index (χ3n) is 3.83. The second kappa shape index (κ2) is 7.24. The van der Waals surface area contributed by atoms with E-state index in [2.05, 4.69) is 10.3 Å². The first-order valence-electron chi connectivity index (χ1n) is 7.09. The molecule has 2 rings (SSSR count). The van der Waals surface area contributed by atoms with Crippen LogP contribution < -0.4 is 5.32 Å². The molecule has 19 heavy (non-hydrogen) atoms. The summed E-state index contributed by atoms with van der Waals surface area (Å²) in [7, 11) is 1.91. The largest absolute Gasteiger partial charge is 0.345 e. The van der Waals surface area contributed by atoms with Crippen LogP contribution in [0.15, 0.2) is 24.5 Å². The molecule has 1 aromatic rings. The lowest BCUT2D eigenvalue weighted by atomic mass is 9.94. The van der Waals surface area contributed by atoms with E-state index in [1.54, 1.807) is 12.4 Å². The van der Waals surface area contributed by atoms with Crippen LogP contribution in [-0.4, -0.2) is 42.5 Å². The van der Waals surface area contributed by atoms with E-state index in [-0.39, 0.29) is 5.91 Å². The number of carbonyl (C=O) groups is 1. The van der Waals surface area contributed by atoms with Crippen molar-refractivity contribution in [2.24, 2.45) is 5.92 Å². The first kappa shape index (κ1) is 14.0. The van der Waals surface area contributed by atoms with Gasteiger partial charge in [-0.05, 0) is 56.0 Å². The van der Waals surface area contributed by atoms with E-state index in [1.807, 2.05) is 24.1 Å². The lowest BCUT2D eigenvalue weighted by molar-refractivity contribution is -0.131. The molecule has 4 nitrogen and oxygen atoms in total. The van der Waals surface area contributed by atoms with Crippen molar-refractivity contribution in [1.29, 1.82) is 0 Å². The first-order valence-corrected chi connectivity index (χ1v) is 7.09. The van der Waals surface area contributed by atoms with Gasteiger partial charge in [0.25, 0.3) is 0 Å². The minimum absolute atomic E-state index is 0.279. The van der Waals surface area contributed by atoms with Gasteiger partial charge in [0.15, 0.2) is 0 Å². The van der Waals surface area contributed by atoms with Crippen LogP contribution in [0.5, 0.6) is 0 Å². The molecule has 104 valence electrons. The average molecular weight is 261 g/mol. The van der Waals surface area contributed by atoms with Gasteiger partial charge in [-0.1, -0.05) is 0 Å². The van der Waals surface area contributed by atoms with Crippen LogP contribution in [-0.2, 0) is 11.2 Å². The highest BCUT2D eigenvalue weighted by Crippen LogP contribution is 2.16. The molecule has 0 unspecified atom stereocenters. The Labute approximate surface area is 115 Å². The Morgan fingerprint density at radius 2 is 2.05 bits per heavy atom. The Bertz CT molecular complexity index is 388. The summed E-state index contributed by atoms with van der Waals surface area (Å²) in [4.78, 5) is 18.0. The lowest BCUT2D eigenvalue weighted by Crippen LogP contribution is -2.34. The zero-order chi connectivity index (χ0) is 13.5. The minimum atomic E-state index is 0.279. The standard InChI is InChI=1S/C15H23N3O/c1-18(11-6-13-2-7-16-8-3-13)15(19)12-14-4-9-17-10-5-14/h2-3,7-8,14,17H,4-6,9-12H2,1H3. The topological polar surface area (TPSA) is 45.2 Å². The second-order valence-corrected chi connectivity index (χ2v) is 5.32. The SMILES string of the molecule is CN(CCc1ccncc1)C(=O)CC1CCNCC1. The normalized spacial score (nSPS) is 16.3. The van der Waals surface area contributed by atoms with Gasteiger partial charge in [-0.25, -0.2) is 0 Å². The fourth-order valence-corrected chi connectivity index (χ4v) is 2.46. The molecule has 0 spiro atoms. The summed E-state index contributed by atoms with van der Waals surface area (Å²) in [5.41, 5.74) is 1.23. The van der Waals surface area contributed by atoms with E-state index >= 15 is 0 Å². The van der Waals surface area contributed by atoms with Crippen molar-refractivity contribution in [3.8, 4) is 0 Å². The Balaban J connectivity index is 1.72. The van der Waals surface area contributed by atoms with Crippen LogP contribution in [0, 0.1) is 5.92 Å². The molecule has 2 heterocycles. The summed E-state index contributed by atoms with van der Waals surface area (Å²) in [6.45, 7) is 2.89. The predicted octanol–water partition coefficient (Wildman–Crippen LogP) is 1.47. The minimum Gasteiger partial charge on any atom is -0.345 e. The quantitative estimate of drug-likeness (QED) is 0.873. The summed E-state index contributed by atoms with van der Waals surface area (Å²) in [6, 6.07) is 4.01. The number of nitrogens with zero attached hydrogens (tertiary/aromatic N) is 2. The summed E-state index contributed by atoms with van der Waals surface area (Å²) in [5, 5.41) is 3.33. The average Bonchev–Trinajstić information content (AvgIpc) is 2.47. The second-order valence-electron chi connectivity index (χ2n) is 5.32. The van der Waals surface area contributed by atoms with Crippen molar-refractivity contribution in [2.75, 3.05) is 26.7 Å². The van der Waals surface area contributed by atoms with Gasteiger partial charge in [0.2, 0.25) is 5.91 Å². The molecule has 0 saturated carbocycles. The number of hydrogen-bond acceptors (Lipinski definition) is 3. The Kier molecular flexibility index (Phi) is 5.33. The highest BCUT2D eigenvalue weighted by molar-refractivity contribution is 5.76. The highest BCUT2D eigenvalue weighted by atomic mass is 16.2. The fourth-order valence-electron chi connectivity index (χ4n) is 2.46. The molecule has 4 heteroatoms. The number of nitrogens with one attached hydrogen (secondary N) is 1. The highest BCUT2D eigenvalue weighted by Gasteiger charge is 2.18. The van der Waals surface area contributed by atoms with Gasteiger partial charge in [-0.3, -0.25) is 9.78 Å². The molecule has 0 aromatic carbocycles. The molecule has 0 radical (unpaired) electrons. The Morgan fingerprint density at radius 1 is 1.37 bits per heavy atom. The van der Waals surface area contributed by atoms with Gasteiger partial charge >= 0.3 is 0 Å². The number of likely N-dealkylation sites (N-methyl/N-ethyl adjacent to an activating group) is 1. The van der Waals surface area contributed by atoms with Gasteiger partial charge in [-0.2, -0.15) is 0 Å². The molecule has 0 aliphatic carbocycles. The molecule has 0 atom stereocenters. The van der Waals surface area contributed by atoms with Gasteiger partial charge in [0, 0.05) is 32.4 Å². The van der Waals surface area contributed by atoms with Crippen LogP contribution in [0.25, 0.3) is 0 Å². The summed E-state index contributed by atoms with van der Waals surface area (Å²) in [6.07, 6.45) is 7.46. The number of hydrogen-bond donors (Lipinski definition) is 1. The monoisotopic (exact) mass is 261 g/mol. The van der Waals surface area contributed by atoms with Gasteiger partial charge < -0.3 is 10.2 Å². The number of carbonyl (C=O) groups excluding carboxylic acids is 1. The predicted molar refractivity (Wildman–Crippen MR) is 75.8 cm³/mol. The summed E-state index contributed by atoms with van der Waals surface area (Å²) in [5.74, 6) is 0.845. The van der Waals surface area contributed by atoms with Crippen molar-refractivity contribution < 1.29 is 4.79 Å². The van der Waals surface area contributed by atoms with Crippen molar-refractivity contribution >= 4 is 5.91 Å². The molecule has 1 aromatic heterocycles. The van der Waals surface area contributed by atoms with Crippen LogP contribution in [0.1, 0.15) is 24.8 Å². The van der Waals surface area contributed by atoms with Crippen molar-refractivity contribution in [1.82, 2.24) is 15.2 Å². The number of aromatic nitrogens is 1. The maximum absolute atomic E-state index is 12.1. The van der Waals surface area contributed by atoms with Crippen LogP contribution in [0.2, 0.25) is 0 Å². The molecular formula is C15H23N3O. The number of pyridine rings is 1. The third kappa shape index (κ3) is 4.63. The third-order valence-corrected chi connectivity index (χ3v) is 3.83. The number of piperidine rings is 1. The number of amides is 1. The Morgan fingerprint density at radius 3 is 2.74 bits per heavy atom. The Hall–Kier alpha value is -1.42. The van der Waals surface area contributed by atoms with E-state index in [4.69, 9.17) is 0 Å². The zero-order valence-electron chi connectivity index (χ0n) is 11.6. The maximum Gasteiger partial charge on any atom is 0.222 e. The molecule has 1 fully saturated rings. The van der Waals surface area contributed by atoms with E-state index in [9.17, 15) is 4.79 Å². The van der Waals surface area contributed by atoms with Crippen molar-refractivity contribution in [3.63, 3.8) is 0 Å². The van der Waals surface area contributed by atoms with Crippen LogP contribution in [0.3, 0.4) is 0 Å². The molecule has 1 amide bonds. The molecule has 1 aliphatic heterocycles. The molecular weight excluding hydrogens is 238 g/mol. The van der Waals surface area contributed by atoms with E-state index in [0.717, 1.165) is 38.9 Å². The van der Waals surface area contributed by atoms with Gasteiger partial charge in [0.05, 0.1) is 0 Å². The van der Waals surface area contributed by atoms with Crippen molar-refractivity contribution in [2.45, 2.75) is 25.7 Å². The molecule has 1 saturated heterocycles. The lowest BCUT2D eigenvalue weighted by Gasteiger charge is -2.25. The smallest absolute Gasteiger partial charge is 0.222 e. The summed E-state index contributed by atoms with van der Waals surface area (Å²) < 4.78 is 0. The first-order chi connectivity index (χ1) is 9.25. The van der Waals surface area contributed by atoms with Crippen LogP contribution >= 0.6 is 0 Å². The van der Waals surface area contributed by atoms with E-state index in [1.165, 1.54) is 5.56 Å². The molecule has 1 aliphatic rings. The van der Waals surface area contributed by atoms with E-state index in [0.29, 0.717) is 12.3 Å². The molecule has 1 N–H and O–H groups in total. The van der Waals surface area contributed by atoms with E-state index < -0.39 is 0 Å². The van der Waals surface area contributed by atoms with Gasteiger partial charge in [-0.15, -0.1) is 0 Å². The van der Waals surface area contributed by atoms with Crippen molar-refractivity contribution in [3.05, 3.63) is 30.1 Å². The molecule has 0 bridgehead atoms. The van der Waals surface area contributed by atoms with Gasteiger partial charge in [0.1, 0.15) is 0 Å². The zero-order valence-corrected chi connectivity index (χ0v) is 11.6. The van der Waals surface area contributed by atoms with Crippen LogP contribution in [0.4, 0.5) is 0 Å². The maximum atomic E-state index is 12.1.